The molecule has 0 atom stereocenters. The molecule has 0 spiro atoms. The maximum atomic E-state index is 12.4. The Morgan fingerprint density at radius 2 is 2.10 bits per heavy atom. The number of aryl methyl sites for hydroxylation is 3. The van der Waals surface area contributed by atoms with Gasteiger partial charge in [-0.3, -0.25) is 9.48 Å². The quantitative estimate of drug-likeness (QED) is 0.899. The molecule has 0 aliphatic carbocycles. The largest absolute Gasteiger partial charge is 0.387 e. The molecule has 0 aliphatic heterocycles. The Morgan fingerprint density at radius 1 is 1.35 bits per heavy atom. The summed E-state index contributed by atoms with van der Waals surface area (Å²) in [7, 11) is 3.66. The second-order valence-electron chi connectivity index (χ2n) is 4.77. The van der Waals surface area contributed by atoms with Crippen molar-refractivity contribution in [2.45, 2.75) is 20.3 Å². The lowest BCUT2D eigenvalue weighted by Crippen LogP contribution is -2.14. The maximum absolute atomic E-state index is 12.4. The molecule has 1 aromatic heterocycles. The summed E-state index contributed by atoms with van der Waals surface area (Å²) in [5.74, 6) is -0.124. The highest BCUT2D eigenvalue weighted by molar-refractivity contribution is 6.08. The standard InChI is InChI=1S/C15H20N4O/c1-5-12-14(9-19(4)18-12)17-15(20)11-8-10(2)6-7-13(11)16-3/h6-9,16H,5H2,1-4H3,(H,17,20). The van der Waals surface area contributed by atoms with E-state index >= 15 is 0 Å². The Hall–Kier alpha value is -2.30. The zero-order valence-corrected chi connectivity index (χ0v) is 12.3. The first-order valence-corrected chi connectivity index (χ1v) is 6.67. The highest BCUT2D eigenvalue weighted by Crippen LogP contribution is 2.20. The van der Waals surface area contributed by atoms with Crippen molar-refractivity contribution in [3.05, 3.63) is 41.2 Å². The highest BCUT2D eigenvalue weighted by Gasteiger charge is 2.14. The van der Waals surface area contributed by atoms with E-state index in [-0.39, 0.29) is 5.91 Å². The van der Waals surface area contributed by atoms with E-state index in [1.54, 1.807) is 4.68 Å². The van der Waals surface area contributed by atoms with Gasteiger partial charge in [0.2, 0.25) is 0 Å². The van der Waals surface area contributed by atoms with E-state index in [0.717, 1.165) is 29.1 Å². The molecule has 2 rings (SSSR count). The molecule has 20 heavy (non-hydrogen) atoms. The lowest BCUT2D eigenvalue weighted by Gasteiger charge is -2.10. The van der Waals surface area contributed by atoms with Crippen LogP contribution in [0.3, 0.4) is 0 Å². The average Bonchev–Trinajstić information content (AvgIpc) is 2.78. The molecule has 5 heteroatoms. The topological polar surface area (TPSA) is 59.0 Å². The molecule has 0 saturated carbocycles. The highest BCUT2D eigenvalue weighted by atomic mass is 16.1. The number of aromatic nitrogens is 2. The first-order valence-electron chi connectivity index (χ1n) is 6.67. The molecule has 0 fully saturated rings. The summed E-state index contributed by atoms with van der Waals surface area (Å²) >= 11 is 0. The summed E-state index contributed by atoms with van der Waals surface area (Å²) in [6.45, 7) is 3.99. The predicted octanol–water partition coefficient (Wildman–Crippen LogP) is 2.58. The molecule has 1 heterocycles. The Balaban J connectivity index is 2.30. The van der Waals surface area contributed by atoms with Crippen molar-refractivity contribution in [2.24, 2.45) is 7.05 Å². The van der Waals surface area contributed by atoms with Gasteiger partial charge in [-0.25, -0.2) is 0 Å². The number of nitrogens with one attached hydrogen (secondary N) is 2. The van der Waals surface area contributed by atoms with Crippen LogP contribution in [0.25, 0.3) is 0 Å². The van der Waals surface area contributed by atoms with Gasteiger partial charge in [0.15, 0.2) is 0 Å². The van der Waals surface area contributed by atoms with Crippen LogP contribution in [-0.4, -0.2) is 22.7 Å². The monoisotopic (exact) mass is 272 g/mol. The van der Waals surface area contributed by atoms with Crippen LogP contribution >= 0.6 is 0 Å². The molecule has 106 valence electrons. The predicted molar refractivity (Wildman–Crippen MR) is 81.3 cm³/mol. The van der Waals surface area contributed by atoms with Gasteiger partial charge >= 0.3 is 0 Å². The first kappa shape index (κ1) is 14.1. The minimum Gasteiger partial charge on any atom is -0.387 e. The fraction of sp³-hybridized carbons (Fsp3) is 0.333. The summed E-state index contributed by atoms with van der Waals surface area (Å²) in [6, 6.07) is 5.77. The number of hydrogen-bond acceptors (Lipinski definition) is 3. The van der Waals surface area contributed by atoms with Crippen molar-refractivity contribution in [3.8, 4) is 0 Å². The van der Waals surface area contributed by atoms with Gasteiger partial charge < -0.3 is 10.6 Å². The Bertz CT molecular complexity index is 631. The number of nitrogens with zero attached hydrogens (tertiary/aromatic N) is 2. The number of hydrogen-bond donors (Lipinski definition) is 2. The molecular formula is C15H20N4O. The van der Waals surface area contributed by atoms with Gasteiger partial charge in [-0.1, -0.05) is 18.6 Å². The average molecular weight is 272 g/mol. The molecule has 1 aromatic carbocycles. The third kappa shape index (κ3) is 2.82. The van der Waals surface area contributed by atoms with Crippen LogP contribution in [0.2, 0.25) is 0 Å². The van der Waals surface area contributed by atoms with Gasteiger partial charge in [0.25, 0.3) is 5.91 Å². The maximum Gasteiger partial charge on any atom is 0.257 e. The van der Waals surface area contributed by atoms with Crippen LogP contribution in [0, 0.1) is 6.92 Å². The minimum absolute atomic E-state index is 0.124. The lowest BCUT2D eigenvalue weighted by molar-refractivity contribution is 0.102. The van der Waals surface area contributed by atoms with E-state index in [0.29, 0.717) is 5.56 Å². The number of rotatable bonds is 4. The lowest BCUT2D eigenvalue weighted by atomic mass is 10.1. The zero-order chi connectivity index (χ0) is 14.7. The Kier molecular flexibility index (Phi) is 4.08. The molecular weight excluding hydrogens is 252 g/mol. The number of carbonyl (C=O) groups excluding carboxylic acids is 1. The molecule has 0 aliphatic rings. The third-order valence-electron chi connectivity index (χ3n) is 3.18. The second kappa shape index (κ2) is 5.77. The first-order chi connectivity index (χ1) is 9.55. The molecule has 5 nitrogen and oxygen atoms in total. The fourth-order valence-electron chi connectivity index (χ4n) is 2.15. The summed E-state index contributed by atoms with van der Waals surface area (Å²) in [5.41, 5.74) is 4.16. The van der Waals surface area contributed by atoms with Crippen LogP contribution in [-0.2, 0) is 13.5 Å². The van der Waals surface area contributed by atoms with Gasteiger partial charge in [0.1, 0.15) is 0 Å². The number of anilines is 2. The van der Waals surface area contributed by atoms with Crippen LogP contribution in [0.15, 0.2) is 24.4 Å². The molecule has 2 N–H and O–H groups in total. The fourth-order valence-corrected chi connectivity index (χ4v) is 2.15. The number of amides is 1. The zero-order valence-electron chi connectivity index (χ0n) is 12.3. The molecule has 1 amide bonds. The second-order valence-corrected chi connectivity index (χ2v) is 4.77. The summed E-state index contributed by atoms with van der Waals surface area (Å²) in [5, 5.41) is 10.3. The van der Waals surface area contributed by atoms with Crippen LogP contribution in [0.4, 0.5) is 11.4 Å². The van der Waals surface area contributed by atoms with E-state index in [4.69, 9.17) is 0 Å². The summed E-state index contributed by atoms with van der Waals surface area (Å²) in [4.78, 5) is 12.4. The van der Waals surface area contributed by atoms with Crippen molar-refractivity contribution < 1.29 is 4.79 Å². The van der Waals surface area contributed by atoms with E-state index < -0.39 is 0 Å². The van der Waals surface area contributed by atoms with E-state index in [1.165, 1.54) is 0 Å². The number of carbonyl (C=O) groups is 1. The molecule has 2 aromatic rings. The van der Waals surface area contributed by atoms with Crippen LogP contribution in [0.1, 0.15) is 28.5 Å². The van der Waals surface area contributed by atoms with Gasteiger partial charge in [0, 0.05) is 26.0 Å². The SMILES string of the molecule is CCc1nn(C)cc1NC(=O)c1cc(C)ccc1NC. The third-order valence-corrected chi connectivity index (χ3v) is 3.18. The van der Waals surface area contributed by atoms with Gasteiger partial charge in [-0.2, -0.15) is 5.10 Å². The van der Waals surface area contributed by atoms with E-state index in [2.05, 4.69) is 15.7 Å². The van der Waals surface area contributed by atoms with Crippen molar-refractivity contribution in [1.29, 1.82) is 0 Å². The molecule has 0 unspecified atom stereocenters. The van der Waals surface area contributed by atoms with Gasteiger partial charge in [0.05, 0.1) is 16.9 Å². The van der Waals surface area contributed by atoms with Crippen LogP contribution in [0.5, 0.6) is 0 Å². The van der Waals surface area contributed by atoms with Crippen LogP contribution < -0.4 is 10.6 Å². The summed E-state index contributed by atoms with van der Waals surface area (Å²) < 4.78 is 1.71. The molecule has 0 bridgehead atoms. The van der Waals surface area contributed by atoms with Gasteiger partial charge in [-0.05, 0) is 25.5 Å². The van der Waals surface area contributed by atoms with E-state index in [1.807, 2.05) is 52.3 Å². The smallest absolute Gasteiger partial charge is 0.257 e. The van der Waals surface area contributed by atoms with Gasteiger partial charge in [-0.15, -0.1) is 0 Å². The molecule has 0 radical (unpaired) electrons. The Labute approximate surface area is 119 Å². The minimum atomic E-state index is -0.124. The summed E-state index contributed by atoms with van der Waals surface area (Å²) in [6.07, 6.45) is 2.61. The number of benzene rings is 1. The normalized spacial score (nSPS) is 10.4. The van der Waals surface area contributed by atoms with Crippen molar-refractivity contribution in [3.63, 3.8) is 0 Å². The van der Waals surface area contributed by atoms with Crippen molar-refractivity contribution >= 4 is 17.3 Å². The van der Waals surface area contributed by atoms with E-state index in [9.17, 15) is 4.79 Å². The Morgan fingerprint density at radius 3 is 2.75 bits per heavy atom. The van der Waals surface area contributed by atoms with Crippen molar-refractivity contribution in [1.82, 2.24) is 9.78 Å². The molecule has 0 saturated heterocycles. The van der Waals surface area contributed by atoms with Crippen molar-refractivity contribution in [2.75, 3.05) is 17.7 Å².